The van der Waals surface area contributed by atoms with Crippen molar-refractivity contribution in [1.82, 2.24) is 24.4 Å². The van der Waals surface area contributed by atoms with Crippen LogP contribution in [0.3, 0.4) is 0 Å². The molecule has 0 aliphatic carbocycles. The maximum atomic E-state index is 12.9. The maximum Gasteiger partial charge on any atom is 0.254 e. The summed E-state index contributed by atoms with van der Waals surface area (Å²) in [6.45, 7) is 4.85. The summed E-state index contributed by atoms with van der Waals surface area (Å²) >= 11 is 6.12. The van der Waals surface area contributed by atoms with Crippen LogP contribution in [-0.2, 0) is 16.6 Å². The van der Waals surface area contributed by atoms with Crippen LogP contribution in [0.5, 0.6) is 0 Å². The van der Waals surface area contributed by atoms with E-state index in [0.717, 1.165) is 16.9 Å². The van der Waals surface area contributed by atoms with Crippen LogP contribution in [0.25, 0.3) is 5.69 Å². The molecule has 0 aliphatic rings. The highest BCUT2D eigenvalue weighted by atomic mass is 35.5. The van der Waals surface area contributed by atoms with Gasteiger partial charge in [-0.15, -0.1) is 0 Å². The lowest BCUT2D eigenvalue weighted by molar-refractivity contribution is 0.0951. The Labute approximate surface area is 199 Å². The fourth-order valence-corrected chi connectivity index (χ4v) is 4.54. The number of hydrogen-bond donors (Lipinski definition) is 1. The number of hydrogen-bond acceptors (Lipinski definition) is 5. The van der Waals surface area contributed by atoms with Gasteiger partial charge in [0, 0.05) is 37.1 Å². The molecule has 8 nitrogen and oxygen atoms in total. The normalized spacial score (nSPS) is 11.8. The molecule has 0 atom stereocenters. The third-order valence-corrected chi connectivity index (χ3v) is 6.56. The molecule has 2 heterocycles. The molecule has 0 saturated heterocycles. The van der Waals surface area contributed by atoms with Crippen molar-refractivity contribution in [1.29, 1.82) is 0 Å². The van der Waals surface area contributed by atoms with Gasteiger partial charge in [0.1, 0.15) is 0 Å². The molecule has 1 N–H and O–H groups in total. The molecule has 3 aromatic rings. The summed E-state index contributed by atoms with van der Waals surface area (Å²) in [4.78, 5) is 16.9. The Morgan fingerprint density at radius 3 is 2.64 bits per heavy atom. The summed E-state index contributed by atoms with van der Waals surface area (Å²) < 4.78 is 27.4. The molecule has 10 heteroatoms. The predicted octanol–water partition coefficient (Wildman–Crippen LogP) is 3.63. The molecule has 2 aromatic heterocycles. The van der Waals surface area contributed by atoms with E-state index in [1.54, 1.807) is 41.5 Å². The molecule has 0 saturated carbocycles. The quantitative estimate of drug-likeness (QED) is 0.438. The van der Waals surface area contributed by atoms with Gasteiger partial charge >= 0.3 is 0 Å². The van der Waals surface area contributed by atoms with Crippen LogP contribution in [0.15, 0.2) is 55.0 Å². The molecule has 1 aromatic carbocycles. The van der Waals surface area contributed by atoms with E-state index < -0.39 is 10.0 Å². The largest absolute Gasteiger partial charge is 0.352 e. The monoisotopic (exact) mass is 489 g/mol. The highest BCUT2D eigenvalue weighted by Gasteiger charge is 2.21. The van der Waals surface area contributed by atoms with Crippen LogP contribution < -0.4 is 5.32 Å². The van der Waals surface area contributed by atoms with Gasteiger partial charge in [0.15, 0.2) is 0 Å². The SMILES string of the molecule is CC(C)c1c(C(=O)NCCCN(Cc2cccnc2)S(C)(=O)=O)cnn1-c1cccc(Cl)c1. The van der Waals surface area contributed by atoms with E-state index in [0.29, 0.717) is 23.6 Å². The zero-order chi connectivity index (χ0) is 24.0. The summed E-state index contributed by atoms with van der Waals surface area (Å²) in [6, 6.07) is 10.9. The zero-order valence-corrected chi connectivity index (χ0v) is 20.5. The van der Waals surface area contributed by atoms with Crippen molar-refractivity contribution in [2.24, 2.45) is 0 Å². The first kappa shape index (κ1) is 24.9. The topological polar surface area (TPSA) is 97.2 Å². The molecule has 1 amide bonds. The Morgan fingerprint density at radius 2 is 2.00 bits per heavy atom. The van der Waals surface area contributed by atoms with Crippen LogP contribution in [0.4, 0.5) is 0 Å². The van der Waals surface area contributed by atoms with Crippen molar-refractivity contribution in [2.45, 2.75) is 32.7 Å². The second-order valence-electron chi connectivity index (χ2n) is 8.06. The van der Waals surface area contributed by atoms with Crippen molar-refractivity contribution in [3.63, 3.8) is 0 Å². The molecule has 3 rings (SSSR count). The Balaban J connectivity index is 1.64. The second-order valence-corrected chi connectivity index (χ2v) is 10.5. The molecule has 0 bridgehead atoms. The van der Waals surface area contributed by atoms with Crippen molar-refractivity contribution in [3.05, 3.63) is 76.8 Å². The lowest BCUT2D eigenvalue weighted by Crippen LogP contribution is -2.33. The van der Waals surface area contributed by atoms with Crippen LogP contribution in [0, 0.1) is 0 Å². The van der Waals surface area contributed by atoms with Gasteiger partial charge in [0.05, 0.1) is 29.4 Å². The van der Waals surface area contributed by atoms with Crippen LogP contribution in [-0.4, -0.2) is 52.7 Å². The maximum absolute atomic E-state index is 12.9. The predicted molar refractivity (Wildman–Crippen MR) is 129 cm³/mol. The fraction of sp³-hybridized carbons (Fsp3) is 0.348. The van der Waals surface area contributed by atoms with Crippen molar-refractivity contribution in [3.8, 4) is 5.69 Å². The van der Waals surface area contributed by atoms with Gasteiger partial charge in [-0.05, 0) is 42.2 Å². The summed E-state index contributed by atoms with van der Waals surface area (Å²) in [7, 11) is -3.40. The van der Waals surface area contributed by atoms with Crippen LogP contribution in [0.1, 0.15) is 47.8 Å². The Kier molecular flexibility index (Phi) is 8.23. The summed E-state index contributed by atoms with van der Waals surface area (Å²) in [6.07, 6.45) is 6.49. The lowest BCUT2D eigenvalue weighted by atomic mass is 10.0. The van der Waals surface area contributed by atoms with E-state index in [2.05, 4.69) is 15.4 Å². The van der Waals surface area contributed by atoms with Crippen molar-refractivity contribution < 1.29 is 13.2 Å². The number of benzene rings is 1. The third-order valence-electron chi connectivity index (χ3n) is 5.07. The molecular formula is C23H28ClN5O3S. The number of sulfonamides is 1. The average molecular weight is 490 g/mol. The lowest BCUT2D eigenvalue weighted by Gasteiger charge is -2.20. The number of carbonyl (C=O) groups excluding carboxylic acids is 1. The highest BCUT2D eigenvalue weighted by Crippen LogP contribution is 2.24. The number of amides is 1. The molecule has 176 valence electrons. The molecule has 0 unspecified atom stereocenters. The fourth-order valence-electron chi connectivity index (χ4n) is 3.51. The second kappa shape index (κ2) is 10.9. The van der Waals surface area contributed by atoms with E-state index in [-0.39, 0.29) is 24.9 Å². The first-order valence-corrected chi connectivity index (χ1v) is 12.9. The molecule has 0 spiro atoms. The number of nitrogens with zero attached hydrogens (tertiary/aromatic N) is 4. The Morgan fingerprint density at radius 1 is 1.21 bits per heavy atom. The zero-order valence-electron chi connectivity index (χ0n) is 18.9. The van der Waals surface area contributed by atoms with Gasteiger partial charge in [0.2, 0.25) is 10.0 Å². The first-order chi connectivity index (χ1) is 15.7. The van der Waals surface area contributed by atoms with E-state index in [9.17, 15) is 13.2 Å². The summed E-state index contributed by atoms with van der Waals surface area (Å²) in [5.74, 6) is -0.197. The Hall–Kier alpha value is -2.75. The van der Waals surface area contributed by atoms with Gasteiger partial charge in [-0.25, -0.2) is 13.1 Å². The first-order valence-electron chi connectivity index (χ1n) is 10.6. The van der Waals surface area contributed by atoms with E-state index in [1.807, 2.05) is 32.0 Å². The molecular weight excluding hydrogens is 462 g/mol. The van der Waals surface area contributed by atoms with Gasteiger partial charge in [-0.3, -0.25) is 9.78 Å². The summed E-state index contributed by atoms with van der Waals surface area (Å²) in [5.41, 5.74) is 2.86. The molecule has 33 heavy (non-hydrogen) atoms. The number of aromatic nitrogens is 3. The van der Waals surface area contributed by atoms with Crippen LogP contribution >= 0.6 is 11.6 Å². The Bertz CT molecular complexity index is 1200. The van der Waals surface area contributed by atoms with E-state index in [1.165, 1.54) is 10.6 Å². The highest BCUT2D eigenvalue weighted by molar-refractivity contribution is 7.88. The minimum absolute atomic E-state index is 0.0486. The number of pyridine rings is 1. The van der Waals surface area contributed by atoms with Crippen molar-refractivity contribution in [2.75, 3.05) is 19.3 Å². The molecule has 0 radical (unpaired) electrons. The smallest absolute Gasteiger partial charge is 0.254 e. The third kappa shape index (κ3) is 6.63. The number of rotatable bonds is 10. The van der Waals surface area contributed by atoms with Crippen LogP contribution in [0.2, 0.25) is 5.02 Å². The van der Waals surface area contributed by atoms with Crippen molar-refractivity contribution >= 4 is 27.5 Å². The van der Waals surface area contributed by atoms with E-state index >= 15 is 0 Å². The van der Waals surface area contributed by atoms with Gasteiger partial charge < -0.3 is 5.32 Å². The van der Waals surface area contributed by atoms with E-state index in [4.69, 9.17) is 11.6 Å². The standard InChI is InChI=1S/C23H28ClN5O3S/c1-17(2)22-21(15-27-29(22)20-9-4-8-19(24)13-20)23(30)26-11-6-12-28(33(3,31)32)16-18-7-5-10-25-14-18/h4-5,7-10,13-15,17H,6,11-12,16H2,1-3H3,(H,26,30). The minimum Gasteiger partial charge on any atom is -0.352 e. The number of nitrogens with one attached hydrogen (secondary N) is 1. The van der Waals surface area contributed by atoms with Gasteiger partial charge in [0.25, 0.3) is 5.91 Å². The van der Waals surface area contributed by atoms with Gasteiger partial charge in [-0.1, -0.05) is 37.6 Å². The number of halogens is 1. The molecule has 0 fully saturated rings. The average Bonchev–Trinajstić information content (AvgIpc) is 3.21. The van der Waals surface area contributed by atoms with Gasteiger partial charge in [-0.2, -0.15) is 9.40 Å². The number of carbonyl (C=O) groups is 1. The molecule has 0 aliphatic heterocycles. The summed E-state index contributed by atoms with van der Waals surface area (Å²) in [5, 5.41) is 7.89. The minimum atomic E-state index is -3.40.